The van der Waals surface area contributed by atoms with Crippen molar-refractivity contribution in [3.05, 3.63) is 0 Å². The van der Waals surface area contributed by atoms with Crippen LogP contribution in [0.25, 0.3) is 0 Å². The van der Waals surface area contributed by atoms with Crippen molar-refractivity contribution in [2.75, 3.05) is 13.1 Å². The smallest absolute Gasteiger partial charge is 0.392 e. The van der Waals surface area contributed by atoms with Gasteiger partial charge in [-0.05, 0) is 31.1 Å². The maximum absolute atomic E-state index is 13.1. The van der Waals surface area contributed by atoms with Gasteiger partial charge in [-0.3, -0.25) is 9.59 Å². The van der Waals surface area contributed by atoms with Crippen LogP contribution >= 0.6 is 0 Å². The SMILES string of the molecule is O=C(O)C1CC1C(=O)N1CCC(C(F)(F)F)C2(CCC2)C1. The molecule has 4 nitrogen and oxygen atoms in total. The van der Waals surface area contributed by atoms with Crippen molar-refractivity contribution >= 4 is 11.9 Å². The number of amides is 1. The Hall–Kier alpha value is -1.27. The van der Waals surface area contributed by atoms with Crippen molar-refractivity contribution < 1.29 is 27.9 Å². The number of hydrogen-bond acceptors (Lipinski definition) is 2. The number of carbonyl (C=O) groups is 2. The fourth-order valence-corrected chi connectivity index (χ4v) is 3.97. The van der Waals surface area contributed by atoms with Gasteiger partial charge in [0.05, 0.1) is 17.8 Å². The Morgan fingerprint density at radius 2 is 1.86 bits per heavy atom. The van der Waals surface area contributed by atoms with Gasteiger partial charge in [-0.2, -0.15) is 13.2 Å². The number of carbonyl (C=O) groups excluding carboxylic acids is 1. The lowest BCUT2D eigenvalue weighted by Gasteiger charge is -2.54. The minimum absolute atomic E-state index is 0.0559. The van der Waals surface area contributed by atoms with E-state index in [9.17, 15) is 22.8 Å². The first-order valence-corrected chi connectivity index (χ1v) is 7.33. The fraction of sp³-hybridized carbons (Fsp3) is 0.857. The Labute approximate surface area is 120 Å². The van der Waals surface area contributed by atoms with Gasteiger partial charge < -0.3 is 10.0 Å². The Balaban J connectivity index is 1.69. The predicted octanol–water partition coefficient (Wildman–Crippen LogP) is 2.29. The number of aliphatic carboxylic acids is 1. The van der Waals surface area contributed by atoms with Crippen LogP contribution in [-0.4, -0.2) is 41.1 Å². The summed E-state index contributed by atoms with van der Waals surface area (Å²) >= 11 is 0. The third kappa shape index (κ3) is 2.40. The summed E-state index contributed by atoms with van der Waals surface area (Å²) in [6.45, 7) is 0.229. The second kappa shape index (κ2) is 4.61. The monoisotopic (exact) mass is 305 g/mol. The first-order valence-electron chi connectivity index (χ1n) is 7.33. The highest BCUT2D eigenvalue weighted by Gasteiger charge is 2.60. The summed E-state index contributed by atoms with van der Waals surface area (Å²) in [5.74, 6) is -3.75. The second-order valence-corrected chi connectivity index (χ2v) is 6.65. The lowest BCUT2D eigenvalue weighted by atomic mass is 9.58. The molecule has 1 heterocycles. The number of carboxylic acid groups (broad SMARTS) is 1. The molecule has 0 radical (unpaired) electrons. The van der Waals surface area contributed by atoms with E-state index in [0.29, 0.717) is 19.3 Å². The number of piperidine rings is 1. The molecule has 0 bridgehead atoms. The molecule has 2 saturated carbocycles. The zero-order valence-corrected chi connectivity index (χ0v) is 11.5. The van der Waals surface area contributed by atoms with Gasteiger partial charge in [0, 0.05) is 13.1 Å². The summed E-state index contributed by atoms with van der Waals surface area (Å²) in [5, 5.41) is 8.86. The molecule has 1 amide bonds. The number of hydrogen-bond donors (Lipinski definition) is 1. The Kier molecular flexibility index (Phi) is 3.22. The van der Waals surface area contributed by atoms with E-state index in [1.54, 1.807) is 0 Å². The number of halogens is 3. The Bertz CT molecular complexity index is 473. The highest BCUT2D eigenvalue weighted by molar-refractivity contribution is 5.89. The van der Waals surface area contributed by atoms with E-state index in [-0.39, 0.29) is 25.4 Å². The average molecular weight is 305 g/mol. The maximum atomic E-state index is 13.1. The van der Waals surface area contributed by atoms with Crippen LogP contribution in [-0.2, 0) is 9.59 Å². The third-order valence-electron chi connectivity index (χ3n) is 5.41. The largest absolute Gasteiger partial charge is 0.481 e. The lowest BCUT2D eigenvalue weighted by molar-refractivity contribution is -0.237. The maximum Gasteiger partial charge on any atom is 0.392 e. The molecule has 0 aromatic carbocycles. The molecule has 21 heavy (non-hydrogen) atoms. The molecule has 3 aliphatic rings. The summed E-state index contributed by atoms with van der Waals surface area (Å²) in [7, 11) is 0. The quantitative estimate of drug-likeness (QED) is 0.851. The topological polar surface area (TPSA) is 57.6 Å². The summed E-state index contributed by atoms with van der Waals surface area (Å²) in [6.07, 6.45) is -2.16. The number of nitrogens with zero attached hydrogens (tertiary/aromatic N) is 1. The standard InChI is InChI=1S/C14H18F3NO3/c15-14(16,17)10-2-5-18(7-13(10)3-1-4-13)11(19)8-6-9(8)12(20)21/h8-10H,1-7H2,(H,20,21). The van der Waals surface area contributed by atoms with Gasteiger partial charge in [0.2, 0.25) is 5.91 Å². The first kappa shape index (κ1) is 14.7. The van der Waals surface area contributed by atoms with Gasteiger partial charge in [0.1, 0.15) is 0 Å². The minimum Gasteiger partial charge on any atom is -0.481 e. The molecule has 3 rings (SSSR count). The number of rotatable bonds is 2. The van der Waals surface area contributed by atoms with Crippen molar-refractivity contribution in [3.8, 4) is 0 Å². The van der Waals surface area contributed by atoms with Crippen LogP contribution in [0.15, 0.2) is 0 Å². The highest BCUT2D eigenvalue weighted by atomic mass is 19.4. The van der Waals surface area contributed by atoms with E-state index in [2.05, 4.69) is 0 Å². The van der Waals surface area contributed by atoms with Crippen molar-refractivity contribution in [3.63, 3.8) is 0 Å². The predicted molar refractivity (Wildman–Crippen MR) is 66.3 cm³/mol. The molecule has 1 saturated heterocycles. The van der Waals surface area contributed by atoms with Crippen LogP contribution in [0, 0.1) is 23.2 Å². The molecule has 2 aliphatic carbocycles. The van der Waals surface area contributed by atoms with Crippen LogP contribution in [0.5, 0.6) is 0 Å². The van der Waals surface area contributed by atoms with Gasteiger partial charge >= 0.3 is 12.1 Å². The molecule has 1 aliphatic heterocycles. The molecular formula is C14H18F3NO3. The number of alkyl halides is 3. The highest BCUT2D eigenvalue weighted by Crippen LogP contribution is 2.56. The van der Waals surface area contributed by atoms with Crippen molar-refractivity contribution in [1.82, 2.24) is 4.90 Å². The van der Waals surface area contributed by atoms with Crippen LogP contribution in [0.2, 0.25) is 0 Å². The molecule has 0 aromatic rings. The summed E-state index contributed by atoms with van der Waals surface area (Å²) in [5.41, 5.74) is -0.820. The van der Waals surface area contributed by atoms with Crippen molar-refractivity contribution in [1.29, 1.82) is 0 Å². The molecule has 3 unspecified atom stereocenters. The van der Waals surface area contributed by atoms with Crippen molar-refractivity contribution in [2.24, 2.45) is 23.2 Å². The molecule has 7 heteroatoms. The lowest BCUT2D eigenvalue weighted by Crippen LogP contribution is -2.58. The van der Waals surface area contributed by atoms with E-state index in [1.165, 1.54) is 4.90 Å². The molecular weight excluding hydrogens is 287 g/mol. The van der Waals surface area contributed by atoms with Gasteiger partial charge in [-0.1, -0.05) is 6.42 Å². The molecule has 3 atom stereocenters. The summed E-state index contributed by atoms with van der Waals surface area (Å²) in [4.78, 5) is 24.5. The van der Waals surface area contributed by atoms with E-state index < -0.39 is 35.3 Å². The minimum atomic E-state index is -4.21. The van der Waals surface area contributed by atoms with Crippen LogP contribution in [0.1, 0.15) is 32.1 Å². The normalized spacial score (nSPS) is 34.4. The van der Waals surface area contributed by atoms with Gasteiger partial charge in [-0.25, -0.2) is 0 Å². The van der Waals surface area contributed by atoms with E-state index >= 15 is 0 Å². The number of likely N-dealkylation sites (tertiary alicyclic amines) is 1. The van der Waals surface area contributed by atoms with Crippen LogP contribution in [0.3, 0.4) is 0 Å². The Morgan fingerprint density at radius 3 is 2.29 bits per heavy atom. The van der Waals surface area contributed by atoms with Gasteiger partial charge in [-0.15, -0.1) is 0 Å². The summed E-state index contributed by atoms with van der Waals surface area (Å²) in [6, 6.07) is 0. The molecule has 0 aromatic heterocycles. The van der Waals surface area contributed by atoms with E-state index in [1.807, 2.05) is 0 Å². The average Bonchev–Trinajstić information content (AvgIpc) is 3.14. The first-order chi connectivity index (χ1) is 9.74. The van der Waals surface area contributed by atoms with Gasteiger partial charge in [0.15, 0.2) is 0 Å². The van der Waals surface area contributed by atoms with Crippen LogP contribution < -0.4 is 0 Å². The summed E-state index contributed by atoms with van der Waals surface area (Å²) < 4.78 is 39.4. The molecule has 3 fully saturated rings. The zero-order chi connectivity index (χ0) is 15.4. The van der Waals surface area contributed by atoms with Gasteiger partial charge in [0.25, 0.3) is 0 Å². The molecule has 1 spiro atoms. The second-order valence-electron chi connectivity index (χ2n) is 6.65. The fourth-order valence-electron chi connectivity index (χ4n) is 3.97. The van der Waals surface area contributed by atoms with E-state index in [0.717, 1.165) is 6.42 Å². The van der Waals surface area contributed by atoms with Crippen molar-refractivity contribution in [2.45, 2.75) is 38.3 Å². The number of carboxylic acids is 1. The third-order valence-corrected chi connectivity index (χ3v) is 5.41. The molecule has 1 N–H and O–H groups in total. The van der Waals surface area contributed by atoms with Crippen LogP contribution in [0.4, 0.5) is 13.2 Å². The molecule has 118 valence electrons. The Morgan fingerprint density at radius 1 is 1.19 bits per heavy atom. The van der Waals surface area contributed by atoms with E-state index in [4.69, 9.17) is 5.11 Å². The zero-order valence-electron chi connectivity index (χ0n) is 11.5.